The number of aromatic nitrogens is 1. The Morgan fingerprint density at radius 3 is 1.72 bits per heavy atom. The molecule has 0 saturated heterocycles. The first kappa shape index (κ1) is 42.8. The summed E-state index contributed by atoms with van der Waals surface area (Å²) < 4.78 is 30.4. The summed E-state index contributed by atoms with van der Waals surface area (Å²) in [6.45, 7) is 3.56. The molecule has 0 N–H and O–H groups in total. The van der Waals surface area contributed by atoms with Crippen LogP contribution in [0.15, 0.2) is 46.9 Å². The first-order valence-electron chi connectivity index (χ1n) is 22.2. The molecule has 2 aromatic heterocycles. The second-order valence-electron chi connectivity index (χ2n) is 17.8. The van der Waals surface area contributed by atoms with Gasteiger partial charge >= 0.3 is 23.9 Å². The van der Waals surface area contributed by atoms with E-state index in [2.05, 4.69) is 0 Å². The van der Waals surface area contributed by atoms with Gasteiger partial charge in [0.05, 0.1) is 30.3 Å². The highest BCUT2D eigenvalue weighted by atomic mass is 32.1. The van der Waals surface area contributed by atoms with Crippen molar-refractivity contribution in [2.24, 2.45) is 41.4 Å². The van der Waals surface area contributed by atoms with E-state index in [9.17, 15) is 28.8 Å². The fourth-order valence-electron chi connectivity index (χ4n) is 9.73. The van der Waals surface area contributed by atoms with Crippen molar-refractivity contribution >= 4 is 68.0 Å². The zero-order valence-corrected chi connectivity index (χ0v) is 35.8. The predicted octanol–water partition coefficient (Wildman–Crippen LogP) is 9.76. The summed E-state index contributed by atoms with van der Waals surface area (Å²) in [6.07, 6.45) is 10.2. The zero-order valence-electron chi connectivity index (χ0n) is 35.0. The third-order valence-electron chi connectivity index (χ3n) is 13.7. The molecule has 2 aromatic carbocycles. The Labute approximate surface area is 359 Å². The van der Waals surface area contributed by atoms with Crippen molar-refractivity contribution in [3.63, 3.8) is 0 Å². The maximum Gasteiger partial charge on any atom is 0.314 e. The summed E-state index contributed by atoms with van der Waals surface area (Å²) in [5.74, 6) is -0.379. The van der Waals surface area contributed by atoms with Gasteiger partial charge in [0.25, 0.3) is 0 Å². The molecule has 0 amide bonds. The van der Waals surface area contributed by atoms with E-state index >= 15 is 0 Å². The molecule has 0 atom stereocenters. The van der Waals surface area contributed by atoms with Gasteiger partial charge in [-0.25, -0.2) is 4.98 Å². The Kier molecular flexibility index (Phi) is 13.3. The van der Waals surface area contributed by atoms with Crippen LogP contribution < -0.4 is 9.47 Å². The number of furan rings is 1. The van der Waals surface area contributed by atoms with E-state index in [-0.39, 0.29) is 88.7 Å². The van der Waals surface area contributed by atoms with Crippen LogP contribution in [0, 0.1) is 41.4 Å². The molecule has 61 heavy (non-hydrogen) atoms. The summed E-state index contributed by atoms with van der Waals surface area (Å²) in [5, 5.41) is 1.46. The van der Waals surface area contributed by atoms with Crippen molar-refractivity contribution in [3.8, 4) is 22.3 Å². The van der Waals surface area contributed by atoms with Crippen molar-refractivity contribution in [3.05, 3.63) is 42.5 Å². The number of hydrogen-bond donors (Lipinski definition) is 0. The zero-order chi connectivity index (χ0) is 42.6. The molecule has 8 rings (SSSR count). The van der Waals surface area contributed by atoms with Crippen LogP contribution in [0.1, 0.15) is 117 Å². The van der Waals surface area contributed by atoms with E-state index in [1.165, 1.54) is 11.3 Å². The topological polar surface area (TPSA) is 165 Å². The maximum absolute atomic E-state index is 13.6. The van der Waals surface area contributed by atoms with E-state index < -0.39 is 0 Å². The van der Waals surface area contributed by atoms with Crippen LogP contribution in [0.4, 0.5) is 0 Å². The predicted molar refractivity (Wildman–Crippen MR) is 227 cm³/mol. The second-order valence-corrected chi connectivity index (χ2v) is 18.8. The highest BCUT2D eigenvalue weighted by molar-refractivity contribution is 7.22. The van der Waals surface area contributed by atoms with Gasteiger partial charge in [-0.05, 0) is 147 Å². The van der Waals surface area contributed by atoms with Gasteiger partial charge in [-0.15, -0.1) is 11.3 Å². The van der Waals surface area contributed by atoms with Crippen molar-refractivity contribution in [2.75, 3.05) is 6.61 Å². The van der Waals surface area contributed by atoms with E-state index in [1.807, 2.05) is 30.3 Å². The summed E-state index contributed by atoms with van der Waals surface area (Å²) in [4.78, 5) is 81.3. The number of fused-ring (bicyclic) bond motifs is 2. The van der Waals surface area contributed by atoms with Crippen LogP contribution in [0.3, 0.4) is 0 Å². The highest BCUT2D eigenvalue weighted by Crippen LogP contribution is 2.43. The third-order valence-corrected chi connectivity index (χ3v) is 14.8. The number of carbonyl (C=O) groups is 6. The van der Waals surface area contributed by atoms with E-state index in [0.29, 0.717) is 103 Å². The largest absolute Gasteiger partial charge is 0.465 e. The van der Waals surface area contributed by atoms with Crippen molar-refractivity contribution < 1.29 is 52.1 Å². The number of nitrogens with zero attached hydrogens (tertiary/aromatic N) is 1. The normalized spacial score (nSPS) is 26.9. The Morgan fingerprint density at radius 2 is 1.11 bits per heavy atom. The van der Waals surface area contributed by atoms with Crippen LogP contribution in [-0.2, 0) is 38.2 Å². The van der Waals surface area contributed by atoms with Gasteiger partial charge in [-0.1, -0.05) is 18.2 Å². The highest BCUT2D eigenvalue weighted by Gasteiger charge is 2.35. The molecule has 0 radical (unpaired) electrons. The average molecular weight is 854 g/mol. The first-order chi connectivity index (χ1) is 29.5. The van der Waals surface area contributed by atoms with E-state index in [0.717, 1.165) is 43.9 Å². The Morgan fingerprint density at radius 1 is 0.607 bits per heavy atom. The van der Waals surface area contributed by atoms with Gasteiger partial charge in [0.15, 0.2) is 22.3 Å². The van der Waals surface area contributed by atoms with Crippen molar-refractivity contribution in [1.29, 1.82) is 0 Å². The summed E-state index contributed by atoms with van der Waals surface area (Å²) in [5.41, 5.74) is 1.10. The maximum atomic E-state index is 13.6. The van der Waals surface area contributed by atoms with Crippen LogP contribution in [0.25, 0.3) is 32.0 Å². The van der Waals surface area contributed by atoms with Crippen molar-refractivity contribution in [1.82, 2.24) is 4.98 Å². The fourth-order valence-corrected chi connectivity index (χ4v) is 10.7. The molecule has 0 unspecified atom stereocenters. The van der Waals surface area contributed by atoms with Gasteiger partial charge in [0.1, 0.15) is 33.5 Å². The molecule has 4 aliphatic rings. The number of carbonyl (C=O) groups excluding carboxylic acids is 6. The van der Waals surface area contributed by atoms with Crippen LogP contribution >= 0.6 is 11.3 Å². The molecular weight excluding hydrogens is 799 g/mol. The van der Waals surface area contributed by atoms with Crippen molar-refractivity contribution in [2.45, 2.75) is 123 Å². The number of ketones is 2. The summed E-state index contributed by atoms with van der Waals surface area (Å²) in [7, 11) is 0. The Bertz CT molecular complexity index is 2230. The monoisotopic (exact) mass is 853 g/mol. The molecule has 13 heteroatoms. The molecule has 4 saturated carbocycles. The number of para-hydroxylation sites is 1. The average Bonchev–Trinajstić information content (AvgIpc) is 3.93. The number of ether oxygens (including phenoxy) is 4. The molecule has 4 aliphatic carbocycles. The van der Waals surface area contributed by atoms with Crippen LogP contribution in [0.2, 0.25) is 0 Å². The van der Waals surface area contributed by atoms with E-state index in [4.69, 9.17) is 28.3 Å². The lowest BCUT2D eigenvalue weighted by atomic mass is 9.80. The molecule has 0 aliphatic heterocycles. The molecule has 0 bridgehead atoms. The standard InChI is InChI=1S/C48H55NO11S/c1-27(50)30-11-15-32(16-12-30)45(52)56-26-29-7-9-33(10-8-29)47(54)59-39-23-24-40(43-42(39)49-44(61-43)41-25-36-5-3-4-6-38(36)58-41)60-48(55)35-19-21-37(22-20-35)57-46(53)34-17-13-31(14-18-34)28(2)51/h3-6,23-25,29-35,37H,7-22,26H2,1-2H3. The number of benzene rings is 2. The lowest BCUT2D eigenvalue weighted by molar-refractivity contribution is -0.158. The number of thiazole rings is 1. The lowest BCUT2D eigenvalue weighted by Gasteiger charge is -2.30. The minimum absolute atomic E-state index is 0.0409. The molecule has 324 valence electrons. The lowest BCUT2D eigenvalue weighted by Crippen LogP contribution is -2.33. The smallest absolute Gasteiger partial charge is 0.314 e. The molecule has 4 fully saturated rings. The molecule has 4 aromatic rings. The minimum Gasteiger partial charge on any atom is -0.465 e. The van der Waals surface area contributed by atoms with Gasteiger partial charge in [0.2, 0.25) is 0 Å². The van der Waals surface area contributed by atoms with Gasteiger partial charge in [0, 0.05) is 17.2 Å². The summed E-state index contributed by atoms with van der Waals surface area (Å²) in [6, 6.07) is 12.8. The quantitative estimate of drug-likeness (QED) is 0.0980. The molecule has 12 nitrogen and oxygen atoms in total. The Balaban J connectivity index is 0.885. The van der Waals surface area contributed by atoms with E-state index in [1.54, 1.807) is 26.0 Å². The van der Waals surface area contributed by atoms with Gasteiger partial charge in [-0.2, -0.15) is 0 Å². The second kappa shape index (κ2) is 19.0. The van der Waals surface area contributed by atoms with Gasteiger partial charge in [-0.3, -0.25) is 28.8 Å². The van der Waals surface area contributed by atoms with Gasteiger partial charge < -0.3 is 23.4 Å². The molecular formula is C48H55NO11S. The fraction of sp³-hybridized carbons (Fsp3) is 0.562. The Hall–Kier alpha value is -4.91. The molecule has 0 spiro atoms. The van der Waals surface area contributed by atoms with Crippen LogP contribution in [0.5, 0.6) is 11.5 Å². The number of Topliss-reactive ketones (excluding diaryl/α,β-unsaturated/α-hetero) is 2. The molecule has 2 heterocycles. The third kappa shape index (κ3) is 10.1. The number of esters is 4. The summed E-state index contributed by atoms with van der Waals surface area (Å²) >= 11 is 1.29. The minimum atomic E-state index is -0.375. The SMILES string of the molecule is CC(=O)C1CCC(C(=O)OCC2CCC(C(=O)Oc3ccc(OC(=O)C4CCC(OC(=O)C5CCC(C(C)=O)CC5)CC4)c4sc(-c5cc6ccccc6o5)nc34)CC2)CC1. The van der Waals surface area contributed by atoms with Crippen LogP contribution in [-0.4, -0.2) is 53.1 Å². The first-order valence-corrected chi connectivity index (χ1v) is 23.0. The number of hydrogen-bond acceptors (Lipinski definition) is 13. The number of rotatable bonds is 12.